The first-order valence-corrected chi connectivity index (χ1v) is 18.1. The van der Waals surface area contributed by atoms with Gasteiger partial charge < -0.3 is 21.7 Å². The van der Waals surface area contributed by atoms with Gasteiger partial charge in [0.1, 0.15) is 23.9 Å². The van der Waals surface area contributed by atoms with Gasteiger partial charge in [0, 0.05) is 54.0 Å². The molecule has 48 heavy (non-hydrogen) atoms. The minimum absolute atomic E-state index is 0.142. The summed E-state index contributed by atoms with van der Waals surface area (Å²) in [5.74, 6) is 2.93. The summed E-state index contributed by atoms with van der Waals surface area (Å²) in [5, 5.41) is 13.2. The molecule has 3 saturated heterocycles. The number of hydrogen-bond donors (Lipinski definition) is 3. The molecule has 4 unspecified atom stereocenters. The summed E-state index contributed by atoms with van der Waals surface area (Å²) >= 11 is 0. The minimum Gasteiger partial charge on any atom is -0.398 e. The number of fused-ring (bicyclic) bond motifs is 2. The van der Waals surface area contributed by atoms with Gasteiger partial charge in [-0.1, -0.05) is 46.9 Å². The molecule has 1 aliphatic carbocycles. The number of nitrogens with zero attached hydrogens (tertiary/aromatic N) is 5. The largest absolute Gasteiger partial charge is 0.398 e. The number of benzene rings is 1. The number of rotatable bonds is 8. The standard InChI is InChI=1S/C31H43N7.C8H14FN/c1-7-19(3)23-12-13-26(34)25(17-32)29(23)22-10-11-24-27(16-22)36-28(8-2)37-30(24)38-15-9-14-31(6,18-38)20(4)35-21(5)33;1-8-3-2-4-10(8)6-7(9)5-8/h12-13,19,22,35H,4-5,7-11,14-16,18,33-34H2,1-3,6H3;7H,2-6H2,1H3/t19-,22?,31?;/m0./s1. The van der Waals surface area contributed by atoms with Gasteiger partial charge in [-0.3, -0.25) is 4.90 Å². The van der Waals surface area contributed by atoms with E-state index in [2.05, 4.69) is 75.0 Å². The van der Waals surface area contributed by atoms with Crippen LogP contribution in [0, 0.1) is 16.7 Å². The van der Waals surface area contributed by atoms with E-state index in [1.807, 2.05) is 6.07 Å². The maximum atomic E-state index is 12.8. The van der Waals surface area contributed by atoms with E-state index in [4.69, 9.17) is 21.4 Å². The monoisotopic (exact) mass is 656 g/mol. The summed E-state index contributed by atoms with van der Waals surface area (Å²) < 4.78 is 12.8. The number of hydrogen-bond acceptors (Lipinski definition) is 8. The van der Waals surface area contributed by atoms with Crippen LogP contribution in [-0.2, 0) is 19.3 Å². The number of nitriles is 1. The predicted octanol–water partition coefficient (Wildman–Crippen LogP) is 7.00. The molecule has 0 amide bonds. The van der Waals surface area contributed by atoms with Crippen molar-refractivity contribution in [3.63, 3.8) is 0 Å². The Hall–Kier alpha value is -3.64. The quantitative estimate of drug-likeness (QED) is 0.260. The molecule has 6 rings (SSSR count). The number of nitrogens with one attached hydrogen (secondary N) is 1. The van der Waals surface area contributed by atoms with Crippen LogP contribution in [0.2, 0.25) is 0 Å². The van der Waals surface area contributed by atoms with E-state index >= 15 is 0 Å². The van der Waals surface area contributed by atoms with Crippen LogP contribution in [0.1, 0.15) is 125 Å². The van der Waals surface area contributed by atoms with Crippen LogP contribution in [0.4, 0.5) is 15.9 Å². The van der Waals surface area contributed by atoms with E-state index in [0.717, 1.165) is 99.6 Å². The maximum Gasteiger partial charge on any atom is 0.135 e. The zero-order valence-corrected chi connectivity index (χ0v) is 30.0. The fourth-order valence-electron chi connectivity index (χ4n) is 8.59. The highest BCUT2D eigenvalue weighted by Crippen LogP contribution is 2.44. The lowest BCUT2D eigenvalue weighted by molar-refractivity contribution is 0.217. The second-order valence-corrected chi connectivity index (χ2v) is 15.2. The molecule has 260 valence electrons. The Kier molecular flexibility index (Phi) is 10.7. The molecule has 5 atom stereocenters. The highest BCUT2D eigenvalue weighted by molar-refractivity contribution is 5.63. The van der Waals surface area contributed by atoms with Crippen LogP contribution < -0.4 is 21.7 Å². The van der Waals surface area contributed by atoms with Gasteiger partial charge in [-0.2, -0.15) is 5.26 Å². The Morgan fingerprint density at radius 1 is 1.19 bits per heavy atom. The fraction of sp³-hybridized carbons (Fsp3) is 0.615. The molecule has 1 aromatic carbocycles. The second-order valence-electron chi connectivity index (χ2n) is 15.2. The van der Waals surface area contributed by atoms with Gasteiger partial charge in [0.05, 0.1) is 17.1 Å². The lowest BCUT2D eigenvalue weighted by atomic mass is 9.75. The van der Waals surface area contributed by atoms with E-state index in [1.54, 1.807) is 0 Å². The van der Waals surface area contributed by atoms with Crippen molar-refractivity contribution < 1.29 is 4.39 Å². The third-order valence-corrected chi connectivity index (χ3v) is 11.6. The van der Waals surface area contributed by atoms with Crippen molar-refractivity contribution in [3.8, 4) is 6.07 Å². The van der Waals surface area contributed by atoms with Crippen molar-refractivity contribution in [2.45, 2.75) is 122 Å². The molecular weight excluding hydrogens is 599 g/mol. The van der Waals surface area contributed by atoms with Gasteiger partial charge in [-0.25, -0.2) is 14.4 Å². The number of piperidine rings is 1. The topological polar surface area (TPSA) is 120 Å². The molecule has 0 bridgehead atoms. The van der Waals surface area contributed by atoms with Crippen molar-refractivity contribution in [2.75, 3.05) is 36.8 Å². The van der Waals surface area contributed by atoms with Gasteiger partial charge in [0.15, 0.2) is 0 Å². The van der Waals surface area contributed by atoms with E-state index < -0.39 is 6.17 Å². The number of aryl methyl sites for hydroxylation is 1. The van der Waals surface area contributed by atoms with Crippen molar-refractivity contribution in [1.82, 2.24) is 20.2 Å². The smallest absolute Gasteiger partial charge is 0.135 e. The molecule has 2 aromatic rings. The third-order valence-electron chi connectivity index (χ3n) is 11.6. The Bertz CT molecular complexity index is 1560. The zero-order chi connectivity index (χ0) is 34.8. The third kappa shape index (κ3) is 7.19. The van der Waals surface area contributed by atoms with Gasteiger partial charge in [0.25, 0.3) is 0 Å². The summed E-state index contributed by atoms with van der Waals surface area (Å²) in [7, 11) is 0. The van der Waals surface area contributed by atoms with Crippen LogP contribution in [0.25, 0.3) is 0 Å². The molecule has 3 aliphatic heterocycles. The second kappa shape index (κ2) is 14.5. The number of alkyl halides is 1. The average molecular weight is 657 g/mol. The van der Waals surface area contributed by atoms with Crippen molar-refractivity contribution in [2.24, 2.45) is 11.1 Å². The SMILES string of the molecule is C=C(N)NC(=C)C1(C)CCCN(c2nc(CC)nc3c2CCC(c2c([C@@H](C)CC)ccc(N)c2C#N)C3)C1.CC12CCCN1CC(F)C2. The molecule has 0 saturated carbocycles. The van der Waals surface area contributed by atoms with E-state index in [1.165, 1.54) is 24.0 Å². The molecule has 0 radical (unpaired) electrons. The highest BCUT2D eigenvalue weighted by atomic mass is 19.1. The van der Waals surface area contributed by atoms with Crippen molar-refractivity contribution in [3.05, 3.63) is 70.6 Å². The van der Waals surface area contributed by atoms with Crippen LogP contribution in [0.15, 0.2) is 36.8 Å². The molecule has 3 fully saturated rings. The molecule has 9 heteroatoms. The summed E-state index contributed by atoms with van der Waals surface area (Å²) in [6.07, 6.45) is 9.18. The van der Waals surface area contributed by atoms with Crippen LogP contribution >= 0.6 is 0 Å². The van der Waals surface area contributed by atoms with Crippen molar-refractivity contribution >= 4 is 11.5 Å². The van der Waals surface area contributed by atoms with Crippen LogP contribution in [0.3, 0.4) is 0 Å². The Morgan fingerprint density at radius 2 is 1.94 bits per heavy atom. The number of nitrogens with two attached hydrogens (primary N) is 2. The lowest BCUT2D eigenvalue weighted by Gasteiger charge is -2.43. The average Bonchev–Trinajstić information content (AvgIpc) is 3.55. The first kappa shape index (κ1) is 35.7. The van der Waals surface area contributed by atoms with E-state index in [0.29, 0.717) is 29.5 Å². The number of anilines is 2. The number of halogens is 1. The summed E-state index contributed by atoms with van der Waals surface area (Å²) in [6.45, 7) is 22.6. The highest BCUT2D eigenvalue weighted by Gasteiger charge is 2.45. The Morgan fingerprint density at radius 3 is 2.60 bits per heavy atom. The van der Waals surface area contributed by atoms with Crippen LogP contribution in [-0.4, -0.2) is 52.8 Å². The molecule has 5 N–H and O–H groups in total. The predicted molar refractivity (Wildman–Crippen MR) is 194 cm³/mol. The first-order valence-electron chi connectivity index (χ1n) is 18.1. The Balaban J connectivity index is 0.000000380. The van der Waals surface area contributed by atoms with E-state index in [9.17, 15) is 9.65 Å². The first-order chi connectivity index (χ1) is 22.8. The summed E-state index contributed by atoms with van der Waals surface area (Å²) in [4.78, 5) is 14.8. The molecule has 4 heterocycles. The Labute approximate surface area is 287 Å². The molecule has 0 spiro atoms. The van der Waals surface area contributed by atoms with E-state index in [-0.39, 0.29) is 16.9 Å². The maximum absolute atomic E-state index is 12.8. The number of aromatic nitrogens is 2. The zero-order valence-electron chi connectivity index (χ0n) is 30.0. The van der Waals surface area contributed by atoms with Gasteiger partial charge in [0.2, 0.25) is 0 Å². The number of nitrogen functional groups attached to an aromatic ring is 1. The van der Waals surface area contributed by atoms with Crippen molar-refractivity contribution in [1.29, 1.82) is 5.26 Å². The molecule has 1 aromatic heterocycles. The molecular formula is C39H57FN8. The lowest BCUT2D eigenvalue weighted by Crippen LogP contribution is -2.46. The summed E-state index contributed by atoms with van der Waals surface area (Å²) in [5.41, 5.74) is 19.1. The van der Waals surface area contributed by atoms with Gasteiger partial charge >= 0.3 is 0 Å². The molecule has 8 nitrogen and oxygen atoms in total. The van der Waals surface area contributed by atoms with Gasteiger partial charge in [-0.15, -0.1) is 0 Å². The minimum atomic E-state index is -0.551. The normalized spacial score (nSPS) is 27.2. The molecule has 4 aliphatic rings. The van der Waals surface area contributed by atoms with Gasteiger partial charge in [-0.05, 0) is 100 Å². The summed E-state index contributed by atoms with van der Waals surface area (Å²) in [6, 6.07) is 6.45. The van der Waals surface area contributed by atoms with Crippen LogP contribution in [0.5, 0.6) is 0 Å². The fourth-order valence-corrected chi connectivity index (χ4v) is 8.59.